The molecule has 1 aromatic rings. The first-order valence-electron chi connectivity index (χ1n) is 6.58. The number of nitrogens with zero attached hydrogens (tertiary/aromatic N) is 1. The number of hydrogen-bond donors (Lipinski definition) is 0. The van der Waals surface area contributed by atoms with Gasteiger partial charge in [-0.05, 0) is 25.0 Å². The molecule has 0 aliphatic heterocycles. The zero-order valence-electron chi connectivity index (χ0n) is 11.8. The van der Waals surface area contributed by atoms with Gasteiger partial charge in [-0.3, -0.25) is 0 Å². The summed E-state index contributed by atoms with van der Waals surface area (Å²) in [5.41, 5.74) is 0.327. The zero-order chi connectivity index (χ0) is 13.4. The van der Waals surface area contributed by atoms with Crippen molar-refractivity contribution >= 4 is 0 Å². The molecule has 0 unspecified atom stereocenters. The van der Waals surface area contributed by atoms with E-state index in [0.717, 1.165) is 18.9 Å². The Morgan fingerprint density at radius 2 is 1.79 bits per heavy atom. The van der Waals surface area contributed by atoms with Gasteiger partial charge in [-0.1, -0.05) is 44.6 Å². The van der Waals surface area contributed by atoms with Gasteiger partial charge in [0.1, 0.15) is 11.9 Å². The molecule has 1 rings (SSSR count). The summed E-state index contributed by atoms with van der Waals surface area (Å²) in [6.45, 7) is 2.17. The molecule has 0 N–H and O–H groups in total. The third kappa shape index (κ3) is 6.87. The predicted octanol–water partition coefficient (Wildman–Crippen LogP) is 0.678. The van der Waals surface area contributed by atoms with Crippen LogP contribution in [0.25, 0.3) is 0 Å². The predicted molar refractivity (Wildman–Crippen MR) is 67.6 cm³/mol. The minimum Gasteiger partial charge on any atom is -0.872 e. The van der Waals surface area contributed by atoms with Gasteiger partial charge in [-0.15, -0.1) is 5.75 Å². The Morgan fingerprint density at radius 1 is 1.16 bits per heavy atom. The van der Waals surface area contributed by atoms with Crippen LogP contribution < -0.4 is 56.5 Å². The Labute approximate surface area is 157 Å². The van der Waals surface area contributed by atoms with Crippen molar-refractivity contribution in [1.82, 2.24) is 0 Å². The molecule has 0 bridgehead atoms. The van der Waals surface area contributed by atoms with E-state index in [-0.39, 0.29) is 62.7 Å². The molecular formula is C15H19FKNO. The summed E-state index contributed by atoms with van der Waals surface area (Å²) < 4.78 is 13.3. The molecule has 0 aliphatic carbocycles. The van der Waals surface area contributed by atoms with Crippen LogP contribution in [0.4, 0.5) is 4.39 Å². The molecule has 4 heteroatoms. The first-order chi connectivity index (χ1) is 8.69. The van der Waals surface area contributed by atoms with Gasteiger partial charge in [-0.2, -0.15) is 5.26 Å². The zero-order valence-corrected chi connectivity index (χ0v) is 15.0. The van der Waals surface area contributed by atoms with E-state index in [1.54, 1.807) is 6.07 Å². The Kier molecular flexibility index (Phi) is 10.9. The van der Waals surface area contributed by atoms with Crippen molar-refractivity contribution in [3.05, 3.63) is 29.1 Å². The molecule has 0 aliphatic rings. The van der Waals surface area contributed by atoms with Crippen LogP contribution in [0.1, 0.15) is 56.6 Å². The van der Waals surface area contributed by atoms with Crippen molar-refractivity contribution in [2.45, 2.75) is 51.9 Å². The van der Waals surface area contributed by atoms with Crippen LogP contribution in [-0.2, 0) is 6.42 Å². The largest absolute Gasteiger partial charge is 1.00 e. The van der Waals surface area contributed by atoms with Gasteiger partial charge >= 0.3 is 51.4 Å². The van der Waals surface area contributed by atoms with E-state index >= 15 is 0 Å². The molecule has 0 saturated carbocycles. The molecule has 0 heterocycles. The van der Waals surface area contributed by atoms with Crippen LogP contribution in [0.3, 0.4) is 0 Å². The maximum Gasteiger partial charge on any atom is 1.00 e. The quantitative estimate of drug-likeness (QED) is 0.547. The number of benzene rings is 1. The molecule has 0 amide bonds. The third-order valence-electron chi connectivity index (χ3n) is 3.07. The SMILES string of the molecule is CCCCCCCCc1cc(F)c(C#N)cc1[O-].[K+]. The second kappa shape index (κ2) is 10.8. The van der Waals surface area contributed by atoms with E-state index < -0.39 is 5.82 Å². The van der Waals surface area contributed by atoms with Crippen molar-refractivity contribution in [2.24, 2.45) is 0 Å². The second-order valence-electron chi connectivity index (χ2n) is 4.57. The molecule has 19 heavy (non-hydrogen) atoms. The molecule has 0 atom stereocenters. The summed E-state index contributed by atoms with van der Waals surface area (Å²) in [5, 5.41) is 20.2. The average molecular weight is 287 g/mol. The van der Waals surface area contributed by atoms with Crippen LogP contribution in [0, 0.1) is 17.1 Å². The van der Waals surface area contributed by atoms with Crippen LogP contribution in [0.15, 0.2) is 12.1 Å². The van der Waals surface area contributed by atoms with E-state index in [4.69, 9.17) is 5.26 Å². The number of unbranched alkanes of at least 4 members (excludes halogenated alkanes) is 5. The Hall–Kier alpha value is 0.0764. The molecule has 0 saturated heterocycles. The summed E-state index contributed by atoms with van der Waals surface area (Å²) in [6, 6.07) is 3.99. The van der Waals surface area contributed by atoms with Crippen LogP contribution >= 0.6 is 0 Å². The molecule has 2 nitrogen and oxygen atoms in total. The number of rotatable bonds is 7. The molecular weight excluding hydrogens is 268 g/mol. The molecule has 98 valence electrons. The minimum absolute atomic E-state index is 0. The number of aryl methyl sites for hydroxylation is 1. The van der Waals surface area contributed by atoms with E-state index in [0.29, 0.717) is 12.0 Å². The monoisotopic (exact) mass is 287 g/mol. The normalized spacial score (nSPS) is 9.74. The van der Waals surface area contributed by atoms with Gasteiger partial charge in [0.05, 0.1) is 5.56 Å². The fourth-order valence-corrected chi connectivity index (χ4v) is 1.97. The first-order valence-corrected chi connectivity index (χ1v) is 6.58. The van der Waals surface area contributed by atoms with Gasteiger partial charge in [0.25, 0.3) is 0 Å². The second-order valence-corrected chi connectivity index (χ2v) is 4.57. The summed E-state index contributed by atoms with van der Waals surface area (Å²) >= 11 is 0. The van der Waals surface area contributed by atoms with E-state index in [1.807, 2.05) is 0 Å². The summed E-state index contributed by atoms with van der Waals surface area (Å²) in [4.78, 5) is 0. The molecule has 1 aromatic carbocycles. The van der Waals surface area contributed by atoms with Gasteiger partial charge in [0, 0.05) is 0 Å². The summed E-state index contributed by atoms with van der Waals surface area (Å²) in [6.07, 6.45) is 7.44. The van der Waals surface area contributed by atoms with Crippen molar-refractivity contribution in [3.8, 4) is 11.8 Å². The Morgan fingerprint density at radius 3 is 2.42 bits per heavy atom. The average Bonchev–Trinajstić information content (AvgIpc) is 2.37. The topological polar surface area (TPSA) is 46.8 Å². The summed E-state index contributed by atoms with van der Waals surface area (Å²) in [5.74, 6) is -0.806. The van der Waals surface area contributed by atoms with Gasteiger partial charge in [-0.25, -0.2) is 4.39 Å². The van der Waals surface area contributed by atoms with Gasteiger partial charge < -0.3 is 5.11 Å². The van der Waals surface area contributed by atoms with E-state index in [9.17, 15) is 9.50 Å². The number of halogens is 1. The Balaban J connectivity index is 0.00000324. The van der Waals surface area contributed by atoms with Gasteiger partial charge in [0.2, 0.25) is 0 Å². The van der Waals surface area contributed by atoms with Crippen molar-refractivity contribution in [2.75, 3.05) is 0 Å². The molecule has 0 aromatic heterocycles. The standard InChI is InChI=1S/C15H20FNO.K/c1-2-3-4-5-6-7-8-12-9-14(16)13(11-17)10-15(12)18;/h9-10,18H,2-8H2,1H3;/q;+1/p-1. The maximum absolute atomic E-state index is 13.3. The first kappa shape index (κ1) is 19.1. The molecule has 0 radical (unpaired) electrons. The maximum atomic E-state index is 13.3. The minimum atomic E-state index is -0.585. The summed E-state index contributed by atoms with van der Waals surface area (Å²) in [7, 11) is 0. The number of hydrogen-bond acceptors (Lipinski definition) is 2. The van der Waals surface area contributed by atoms with Crippen LogP contribution in [0.5, 0.6) is 5.75 Å². The van der Waals surface area contributed by atoms with Crippen LogP contribution in [-0.4, -0.2) is 0 Å². The van der Waals surface area contributed by atoms with Crippen molar-refractivity contribution < 1.29 is 60.9 Å². The molecule has 0 fully saturated rings. The van der Waals surface area contributed by atoms with Crippen LogP contribution in [0.2, 0.25) is 0 Å². The third-order valence-corrected chi connectivity index (χ3v) is 3.07. The fourth-order valence-electron chi connectivity index (χ4n) is 1.97. The Bertz CT molecular complexity index is 429. The van der Waals surface area contributed by atoms with Crippen molar-refractivity contribution in [1.29, 1.82) is 5.26 Å². The van der Waals surface area contributed by atoms with E-state index in [1.165, 1.54) is 31.7 Å². The smallest absolute Gasteiger partial charge is 0.872 e. The van der Waals surface area contributed by atoms with Gasteiger partial charge in [0.15, 0.2) is 0 Å². The van der Waals surface area contributed by atoms with E-state index in [2.05, 4.69) is 6.92 Å². The number of nitriles is 1. The fraction of sp³-hybridized carbons (Fsp3) is 0.533. The molecule has 0 spiro atoms. The van der Waals surface area contributed by atoms with Crippen molar-refractivity contribution in [3.63, 3.8) is 0 Å².